The number of amides is 1. The number of nitrogens with zero attached hydrogens (tertiary/aromatic N) is 4. The van der Waals surface area contributed by atoms with E-state index in [9.17, 15) is 4.79 Å². The number of anilines is 2. The summed E-state index contributed by atoms with van der Waals surface area (Å²) in [6.45, 7) is 6.41. The van der Waals surface area contributed by atoms with E-state index in [0.717, 1.165) is 49.0 Å². The maximum Gasteiger partial charge on any atom is 0.277 e. The molecule has 0 atom stereocenters. The highest BCUT2D eigenvalue weighted by Gasteiger charge is 2.25. The van der Waals surface area contributed by atoms with Crippen LogP contribution in [-0.2, 0) is 4.79 Å². The van der Waals surface area contributed by atoms with Crippen LogP contribution < -0.4 is 10.2 Å². The van der Waals surface area contributed by atoms with Crippen LogP contribution in [0.15, 0.2) is 58.2 Å². The van der Waals surface area contributed by atoms with Crippen molar-refractivity contribution in [3.63, 3.8) is 0 Å². The summed E-state index contributed by atoms with van der Waals surface area (Å²) < 4.78 is 5.73. The second-order valence-electron chi connectivity index (χ2n) is 9.39. The molecule has 184 valence electrons. The highest BCUT2D eigenvalue weighted by atomic mass is 32.2. The van der Waals surface area contributed by atoms with Crippen LogP contribution in [0.3, 0.4) is 0 Å². The molecule has 1 aromatic heterocycles. The minimum Gasteiger partial charge on any atom is -0.411 e. The van der Waals surface area contributed by atoms with Crippen molar-refractivity contribution < 1.29 is 9.21 Å². The molecule has 0 unspecified atom stereocenters. The van der Waals surface area contributed by atoms with Crippen LogP contribution in [0.25, 0.3) is 11.5 Å². The molecule has 2 heterocycles. The van der Waals surface area contributed by atoms with Crippen LogP contribution in [0.2, 0.25) is 0 Å². The molecular weight excluding hydrogens is 458 g/mol. The van der Waals surface area contributed by atoms with Crippen LogP contribution >= 0.6 is 11.8 Å². The molecule has 1 N–H and O–H groups in total. The van der Waals surface area contributed by atoms with Gasteiger partial charge in [0.05, 0.1) is 5.75 Å². The Morgan fingerprint density at radius 3 is 2.49 bits per heavy atom. The smallest absolute Gasteiger partial charge is 0.277 e. The Bertz CT molecular complexity index is 1120. The van der Waals surface area contributed by atoms with Crippen LogP contribution in [0.4, 0.5) is 11.4 Å². The zero-order valence-electron chi connectivity index (χ0n) is 20.3. The van der Waals surface area contributed by atoms with Crippen LogP contribution in [-0.4, -0.2) is 59.0 Å². The lowest BCUT2D eigenvalue weighted by Crippen LogP contribution is -2.50. The van der Waals surface area contributed by atoms with E-state index in [4.69, 9.17) is 4.42 Å². The van der Waals surface area contributed by atoms with Crippen molar-refractivity contribution in [3.8, 4) is 11.5 Å². The fourth-order valence-electron chi connectivity index (χ4n) is 5.06. The van der Waals surface area contributed by atoms with Gasteiger partial charge in [-0.3, -0.25) is 9.69 Å². The Balaban J connectivity index is 1.08. The molecule has 0 bridgehead atoms. The molecule has 1 saturated carbocycles. The van der Waals surface area contributed by atoms with Gasteiger partial charge in [0, 0.05) is 49.2 Å². The average Bonchev–Trinajstić information content (AvgIpc) is 3.38. The second kappa shape index (κ2) is 11.3. The number of rotatable bonds is 7. The van der Waals surface area contributed by atoms with Gasteiger partial charge in [0.1, 0.15) is 0 Å². The molecule has 2 fully saturated rings. The lowest BCUT2D eigenvalue weighted by atomic mass is 9.94. The number of carbonyl (C=O) groups excluding carboxylic acids is 1. The third kappa shape index (κ3) is 6.05. The molecule has 7 nitrogen and oxygen atoms in total. The van der Waals surface area contributed by atoms with Gasteiger partial charge in [-0.1, -0.05) is 49.2 Å². The monoisotopic (exact) mass is 491 g/mol. The number of carbonyl (C=O) groups is 1. The first kappa shape index (κ1) is 23.9. The van der Waals surface area contributed by atoms with E-state index < -0.39 is 0 Å². The van der Waals surface area contributed by atoms with Crippen molar-refractivity contribution in [2.75, 3.05) is 42.1 Å². The first-order chi connectivity index (χ1) is 17.2. The van der Waals surface area contributed by atoms with Crippen molar-refractivity contribution in [3.05, 3.63) is 54.1 Å². The molecule has 0 radical (unpaired) electrons. The number of thioether (sulfide) groups is 1. The van der Waals surface area contributed by atoms with Gasteiger partial charge in [0.15, 0.2) is 0 Å². The molecule has 35 heavy (non-hydrogen) atoms. The SMILES string of the molecule is Cc1ccccc1-c1nnc(SCC(=O)Nc2ccc(N3CCN(C4CCCCC4)CC3)cc2)o1. The van der Waals surface area contributed by atoms with Gasteiger partial charge in [0.25, 0.3) is 5.22 Å². The number of hydrogen-bond acceptors (Lipinski definition) is 7. The van der Waals surface area contributed by atoms with E-state index in [2.05, 4.69) is 37.4 Å². The highest BCUT2D eigenvalue weighted by Crippen LogP contribution is 2.27. The normalized spacial score (nSPS) is 17.5. The third-order valence-electron chi connectivity index (χ3n) is 7.03. The molecule has 5 rings (SSSR count). The predicted molar refractivity (Wildman–Crippen MR) is 141 cm³/mol. The third-order valence-corrected chi connectivity index (χ3v) is 7.85. The summed E-state index contributed by atoms with van der Waals surface area (Å²) in [4.78, 5) is 17.6. The first-order valence-electron chi connectivity index (χ1n) is 12.6. The van der Waals surface area contributed by atoms with Gasteiger partial charge < -0.3 is 14.6 Å². The Hall–Kier alpha value is -2.84. The zero-order chi connectivity index (χ0) is 24.0. The zero-order valence-corrected chi connectivity index (χ0v) is 21.1. The number of hydrogen-bond donors (Lipinski definition) is 1. The Kier molecular flexibility index (Phi) is 7.69. The van der Waals surface area contributed by atoms with Crippen molar-refractivity contribution in [1.82, 2.24) is 15.1 Å². The number of aryl methyl sites for hydroxylation is 1. The van der Waals surface area contributed by atoms with E-state index in [1.165, 1.54) is 49.6 Å². The van der Waals surface area contributed by atoms with Gasteiger partial charge in [-0.15, -0.1) is 10.2 Å². The lowest BCUT2D eigenvalue weighted by molar-refractivity contribution is -0.113. The van der Waals surface area contributed by atoms with Gasteiger partial charge in [-0.05, 0) is 55.7 Å². The maximum atomic E-state index is 12.5. The van der Waals surface area contributed by atoms with Crippen molar-refractivity contribution in [2.24, 2.45) is 0 Å². The van der Waals surface area contributed by atoms with E-state index >= 15 is 0 Å². The van der Waals surface area contributed by atoms with E-state index in [0.29, 0.717) is 11.1 Å². The topological polar surface area (TPSA) is 74.5 Å². The Morgan fingerprint density at radius 2 is 1.74 bits per heavy atom. The molecule has 1 aliphatic heterocycles. The summed E-state index contributed by atoms with van der Waals surface area (Å²) in [5.41, 5.74) is 3.99. The summed E-state index contributed by atoms with van der Waals surface area (Å²) in [5.74, 6) is 0.584. The molecule has 2 aromatic carbocycles. The van der Waals surface area contributed by atoms with Crippen LogP contribution in [0.5, 0.6) is 0 Å². The predicted octanol–water partition coefficient (Wildman–Crippen LogP) is 5.23. The molecule has 3 aromatic rings. The van der Waals surface area contributed by atoms with Gasteiger partial charge in [-0.2, -0.15) is 0 Å². The molecule has 1 aliphatic carbocycles. The quantitative estimate of drug-likeness (QED) is 0.454. The van der Waals surface area contributed by atoms with Crippen molar-refractivity contribution >= 4 is 29.0 Å². The lowest BCUT2D eigenvalue weighted by Gasteiger charge is -2.41. The Morgan fingerprint density at radius 1 is 1.00 bits per heavy atom. The molecule has 8 heteroatoms. The van der Waals surface area contributed by atoms with Crippen molar-refractivity contribution in [2.45, 2.75) is 50.3 Å². The summed E-state index contributed by atoms with van der Waals surface area (Å²) in [5, 5.41) is 11.5. The fourth-order valence-corrected chi connectivity index (χ4v) is 5.62. The maximum absolute atomic E-state index is 12.5. The minimum absolute atomic E-state index is 0.0977. The van der Waals surface area contributed by atoms with Crippen LogP contribution in [0.1, 0.15) is 37.7 Å². The largest absolute Gasteiger partial charge is 0.411 e. The highest BCUT2D eigenvalue weighted by molar-refractivity contribution is 7.99. The van der Waals surface area contributed by atoms with E-state index in [1.54, 1.807) is 0 Å². The Labute approximate surface area is 211 Å². The van der Waals surface area contributed by atoms with Gasteiger partial charge >= 0.3 is 0 Å². The molecule has 1 saturated heterocycles. The number of nitrogens with one attached hydrogen (secondary N) is 1. The standard InChI is InChI=1S/C27H33N5O2S/c1-20-7-5-6-10-24(20)26-29-30-27(34-26)35-19-25(33)28-21-11-13-23(14-12-21)32-17-15-31(16-18-32)22-8-3-2-4-9-22/h5-7,10-14,22H,2-4,8-9,15-19H2,1H3,(H,28,33). The second-order valence-corrected chi connectivity index (χ2v) is 10.3. The first-order valence-corrected chi connectivity index (χ1v) is 13.6. The average molecular weight is 492 g/mol. The van der Waals surface area contributed by atoms with Gasteiger partial charge in [-0.25, -0.2) is 0 Å². The minimum atomic E-state index is -0.0977. The number of piperazine rings is 1. The van der Waals surface area contributed by atoms with Gasteiger partial charge in [0.2, 0.25) is 11.8 Å². The fraction of sp³-hybridized carbons (Fsp3) is 0.444. The van der Waals surface area contributed by atoms with Crippen molar-refractivity contribution in [1.29, 1.82) is 0 Å². The summed E-state index contributed by atoms with van der Waals surface area (Å²) in [6.07, 6.45) is 6.92. The number of aromatic nitrogens is 2. The molecule has 0 spiro atoms. The van der Waals surface area contributed by atoms with E-state index in [-0.39, 0.29) is 11.7 Å². The summed E-state index contributed by atoms with van der Waals surface area (Å²) in [6, 6.07) is 16.8. The van der Waals surface area contributed by atoms with Crippen LogP contribution in [0, 0.1) is 6.92 Å². The summed E-state index contributed by atoms with van der Waals surface area (Å²) >= 11 is 1.24. The molecular formula is C27H33N5O2S. The van der Waals surface area contributed by atoms with E-state index in [1.807, 2.05) is 43.3 Å². The molecule has 2 aliphatic rings. The number of benzene rings is 2. The molecule has 1 amide bonds. The summed E-state index contributed by atoms with van der Waals surface area (Å²) in [7, 11) is 0.